The van der Waals surface area contributed by atoms with Crippen LogP contribution in [0.3, 0.4) is 0 Å². The van der Waals surface area contributed by atoms with E-state index in [0.717, 1.165) is 19.3 Å². The zero-order chi connectivity index (χ0) is 12.5. The summed E-state index contributed by atoms with van der Waals surface area (Å²) in [5.74, 6) is 1.28. The smallest absolute Gasteiger partial charge is 0.0770 e. The summed E-state index contributed by atoms with van der Waals surface area (Å²) in [5.41, 5.74) is 0.238. The SMILES string of the molecule is C[C@@H]1C[C@H](O)C[C@]23CC[C@H](C[C@@]12C)C(C)(C)O3. The molecule has 4 rings (SSSR count). The van der Waals surface area contributed by atoms with Crippen molar-refractivity contribution in [3.05, 3.63) is 0 Å². The molecule has 2 aliphatic heterocycles. The molecule has 0 aromatic rings. The van der Waals surface area contributed by atoms with E-state index in [1.807, 2.05) is 0 Å². The van der Waals surface area contributed by atoms with Crippen molar-refractivity contribution < 1.29 is 9.84 Å². The Bertz CT molecular complexity index is 338. The fraction of sp³-hybridized carbons (Fsp3) is 1.00. The topological polar surface area (TPSA) is 29.5 Å². The summed E-state index contributed by atoms with van der Waals surface area (Å²) >= 11 is 0. The largest absolute Gasteiger partial charge is 0.393 e. The Morgan fingerprint density at radius 3 is 2.53 bits per heavy atom. The van der Waals surface area contributed by atoms with Crippen LogP contribution in [0.25, 0.3) is 0 Å². The van der Waals surface area contributed by atoms with Crippen LogP contribution in [0.1, 0.15) is 59.8 Å². The van der Waals surface area contributed by atoms with Crippen LogP contribution in [0.2, 0.25) is 0 Å². The van der Waals surface area contributed by atoms with Gasteiger partial charge in [-0.05, 0) is 56.8 Å². The Balaban J connectivity index is 2.03. The zero-order valence-electron chi connectivity index (χ0n) is 11.6. The number of ether oxygens (including phenoxy) is 1. The normalized spacial score (nSPS) is 56.6. The summed E-state index contributed by atoms with van der Waals surface area (Å²) in [6.07, 6.45) is 5.36. The molecule has 0 radical (unpaired) electrons. The highest BCUT2D eigenvalue weighted by Crippen LogP contribution is 2.65. The van der Waals surface area contributed by atoms with Crippen LogP contribution in [-0.4, -0.2) is 22.4 Å². The first-order valence-electron chi connectivity index (χ1n) is 7.17. The zero-order valence-corrected chi connectivity index (χ0v) is 11.6. The molecule has 4 fully saturated rings. The van der Waals surface area contributed by atoms with Crippen molar-refractivity contribution >= 4 is 0 Å². The molecule has 1 N–H and O–H groups in total. The van der Waals surface area contributed by atoms with E-state index in [4.69, 9.17) is 4.74 Å². The molecule has 17 heavy (non-hydrogen) atoms. The number of hydrogen-bond donors (Lipinski definition) is 1. The summed E-state index contributed by atoms with van der Waals surface area (Å²) in [6.45, 7) is 9.19. The molecule has 5 atom stereocenters. The summed E-state index contributed by atoms with van der Waals surface area (Å²) in [5, 5.41) is 10.1. The second kappa shape index (κ2) is 3.27. The Morgan fingerprint density at radius 1 is 1.18 bits per heavy atom. The van der Waals surface area contributed by atoms with Gasteiger partial charge in [0.2, 0.25) is 0 Å². The Morgan fingerprint density at radius 2 is 1.88 bits per heavy atom. The molecule has 0 amide bonds. The predicted octanol–water partition coefficient (Wildman–Crippen LogP) is 3.13. The van der Waals surface area contributed by atoms with Crippen LogP contribution in [0.15, 0.2) is 0 Å². The molecule has 2 saturated heterocycles. The van der Waals surface area contributed by atoms with Crippen LogP contribution in [-0.2, 0) is 4.74 Å². The van der Waals surface area contributed by atoms with Crippen LogP contribution in [0, 0.1) is 17.3 Å². The monoisotopic (exact) mass is 238 g/mol. The number of rotatable bonds is 0. The van der Waals surface area contributed by atoms with E-state index in [-0.39, 0.29) is 22.7 Å². The highest BCUT2D eigenvalue weighted by Gasteiger charge is 2.65. The lowest BCUT2D eigenvalue weighted by Gasteiger charge is -2.68. The van der Waals surface area contributed by atoms with Gasteiger partial charge in [0.25, 0.3) is 0 Å². The lowest BCUT2D eigenvalue weighted by molar-refractivity contribution is -0.326. The summed E-state index contributed by atoms with van der Waals surface area (Å²) < 4.78 is 6.55. The van der Waals surface area contributed by atoms with Crippen molar-refractivity contribution in [2.24, 2.45) is 17.3 Å². The molecule has 0 unspecified atom stereocenters. The first-order valence-corrected chi connectivity index (χ1v) is 7.17. The van der Waals surface area contributed by atoms with E-state index in [2.05, 4.69) is 27.7 Å². The van der Waals surface area contributed by atoms with Crippen molar-refractivity contribution in [1.29, 1.82) is 0 Å². The maximum absolute atomic E-state index is 10.1. The molecule has 2 heteroatoms. The van der Waals surface area contributed by atoms with Crippen molar-refractivity contribution in [2.75, 3.05) is 0 Å². The van der Waals surface area contributed by atoms with Gasteiger partial charge >= 0.3 is 0 Å². The van der Waals surface area contributed by atoms with Gasteiger partial charge in [0.05, 0.1) is 17.3 Å². The summed E-state index contributed by atoms with van der Waals surface area (Å²) in [7, 11) is 0. The summed E-state index contributed by atoms with van der Waals surface area (Å²) in [4.78, 5) is 0. The first kappa shape index (κ1) is 12.0. The van der Waals surface area contributed by atoms with Gasteiger partial charge in [-0.3, -0.25) is 0 Å². The molecule has 1 spiro atoms. The number of aliphatic hydroxyl groups excluding tert-OH is 1. The molecule has 98 valence electrons. The van der Waals surface area contributed by atoms with Gasteiger partial charge in [-0.15, -0.1) is 0 Å². The minimum atomic E-state index is -0.163. The lowest BCUT2D eigenvalue weighted by atomic mass is 9.47. The maximum Gasteiger partial charge on any atom is 0.0770 e. The molecule has 2 saturated carbocycles. The first-order chi connectivity index (χ1) is 7.79. The second-order valence-corrected chi connectivity index (χ2v) is 7.55. The van der Waals surface area contributed by atoms with Gasteiger partial charge in [-0.1, -0.05) is 13.8 Å². The van der Waals surface area contributed by atoms with Gasteiger partial charge in [0, 0.05) is 6.42 Å². The predicted molar refractivity (Wildman–Crippen MR) is 67.7 cm³/mol. The van der Waals surface area contributed by atoms with Gasteiger partial charge in [-0.2, -0.15) is 0 Å². The van der Waals surface area contributed by atoms with E-state index >= 15 is 0 Å². The fourth-order valence-electron chi connectivity index (χ4n) is 5.00. The molecule has 2 nitrogen and oxygen atoms in total. The number of aliphatic hydroxyl groups is 1. The molecule has 0 aromatic heterocycles. The quantitative estimate of drug-likeness (QED) is 0.702. The average molecular weight is 238 g/mol. The number of fused-ring (bicyclic) bond motifs is 2. The van der Waals surface area contributed by atoms with Crippen molar-refractivity contribution in [3.63, 3.8) is 0 Å². The van der Waals surface area contributed by atoms with Gasteiger partial charge in [0.15, 0.2) is 0 Å². The molecule has 4 aliphatic rings. The molecule has 2 heterocycles. The second-order valence-electron chi connectivity index (χ2n) is 7.55. The van der Waals surface area contributed by atoms with Crippen LogP contribution < -0.4 is 0 Å². The molecular weight excluding hydrogens is 212 g/mol. The maximum atomic E-state index is 10.1. The third kappa shape index (κ3) is 1.40. The Labute approximate surface area is 105 Å². The molecule has 2 aliphatic carbocycles. The minimum absolute atomic E-state index is 0.00847. The lowest BCUT2D eigenvalue weighted by Crippen LogP contribution is -2.69. The van der Waals surface area contributed by atoms with Crippen LogP contribution in [0.5, 0.6) is 0 Å². The van der Waals surface area contributed by atoms with E-state index in [0.29, 0.717) is 11.8 Å². The highest BCUT2D eigenvalue weighted by atomic mass is 16.5. The summed E-state index contributed by atoms with van der Waals surface area (Å²) in [6, 6.07) is 0. The van der Waals surface area contributed by atoms with Crippen molar-refractivity contribution in [2.45, 2.75) is 77.1 Å². The van der Waals surface area contributed by atoms with E-state index in [9.17, 15) is 5.11 Å². The third-order valence-electron chi connectivity index (χ3n) is 6.33. The van der Waals surface area contributed by atoms with Crippen molar-refractivity contribution in [3.8, 4) is 0 Å². The van der Waals surface area contributed by atoms with Gasteiger partial charge in [0.1, 0.15) is 0 Å². The highest BCUT2D eigenvalue weighted by molar-refractivity contribution is 5.14. The van der Waals surface area contributed by atoms with Crippen molar-refractivity contribution in [1.82, 2.24) is 0 Å². The fourth-order valence-corrected chi connectivity index (χ4v) is 5.00. The molecular formula is C15H26O2. The Hall–Kier alpha value is -0.0800. The standard InChI is InChI=1S/C15H26O2/c1-10-7-12(16)9-15-6-5-11(8-14(10,15)4)13(2,3)17-15/h10-12,16H,5-9H2,1-4H3/t10-,11-,12+,14+,15-/m1/s1. The molecule has 0 aromatic carbocycles. The molecule has 2 bridgehead atoms. The van der Waals surface area contributed by atoms with Crippen LogP contribution in [0.4, 0.5) is 0 Å². The van der Waals surface area contributed by atoms with Gasteiger partial charge in [-0.25, -0.2) is 0 Å². The van der Waals surface area contributed by atoms with Gasteiger partial charge < -0.3 is 9.84 Å². The minimum Gasteiger partial charge on any atom is -0.393 e. The average Bonchev–Trinajstić information content (AvgIpc) is 2.18. The van der Waals surface area contributed by atoms with E-state index in [1.165, 1.54) is 12.8 Å². The number of hydrogen-bond acceptors (Lipinski definition) is 2. The van der Waals surface area contributed by atoms with Crippen LogP contribution >= 0.6 is 0 Å². The van der Waals surface area contributed by atoms with E-state index in [1.54, 1.807) is 0 Å². The third-order valence-corrected chi connectivity index (χ3v) is 6.33. The Kier molecular flexibility index (Phi) is 2.30. The van der Waals surface area contributed by atoms with E-state index < -0.39 is 0 Å².